The van der Waals surface area contributed by atoms with E-state index in [2.05, 4.69) is 5.32 Å². The fourth-order valence-electron chi connectivity index (χ4n) is 1.89. The largest absolute Gasteiger partial charge is 0.352 e. The van der Waals surface area contributed by atoms with Crippen LogP contribution in [-0.4, -0.2) is 5.91 Å². The van der Waals surface area contributed by atoms with Crippen LogP contribution in [0.3, 0.4) is 0 Å². The Bertz CT molecular complexity index is 599. The number of halogens is 2. The molecule has 2 rings (SSSR count). The van der Waals surface area contributed by atoms with Gasteiger partial charge in [-0.15, -0.1) is 0 Å². The number of carbonyl (C=O) groups excluding carboxylic acids is 1. The van der Waals surface area contributed by atoms with Crippen LogP contribution >= 0.6 is 23.2 Å². The lowest BCUT2D eigenvalue weighted by Gasteiger charge is -2.07. The molecule has 0 heterocycles. The smallest absolute Gasteiger partial charge is 0.220 e. The number of hydrogen-bond acceptors (Lipinski definition) is 1. The summed E-state index contributed by atoms with van der Waals surface area (Å²) >= 11 is 11.9. The fourth-order valence-corrected chi connectivity index (χ4v) is 2.33. The Morgan fingerprint density at radius 3 is 2.60 bits per heavy atom. The van der Waals surface area contributed by atoms with Gasteiger partial charge in [-0.3, -0.25) is 4.79 Å². The second kappa shape index (κ2) is 7.32. The molecular formula is C16H15Cl2NO. The van der Waals surface area contributed by atoms with E-state index in [1.54, 1.807) is 0 Å². The Morgan fingerprint density at radius 1 is 1.05 bits per heavy atom. The summed E-state index contributed by atoms with van der Waals surface area (Å²) in [4.78, 5) is 11.8. The summed E-state index contributed by atoms with van der Waals surface area (Å²) in [6.45, 7) is 0.488. The lowest BCUT2D eigenvalue weighted by atomic mass is 10.1. The predicted octanol–water partition coefficient (Wildman–Crippen LogP) is 4.24. The zero-order valence-corrected chi connectivity index (χ0v) is 12.4. The first-order chi connectivity index (χ1) is 9.65. The van der Waals surface area contributed by atoms with Crippen molar-refractivity contribution in [3.8, 4) is 0 Å². The lowest BCUT2D eigenvalue weighted by Crippen LogP contribution is -2.23. The highest BCUT2D eigenvalue weighted by Gasteiger charge is 2.05. The van der Waals surface area contributed by atoms with E-state index in [0.29, 0.717) is 29.4 Å². The number of nitrogens with one attached hydrogen (secondary N) is 1. The van der Waals surface area contributed by atoms with E-state index in [9.17, 15) is 4.79 Å². The number of aryl methyl sites for hydroxylation is 1. The third-order valence-electron chi connectivity index (χ3n) is 2.96. The van der Waals surface area contributed by atoms with Crippen LogP contribution in [0.5, 0.6) is 0 Å². The zero-order chi connectivity index (χ0) is 14.4. The molecule has 0 spiro atoms. The Kier molecular flexibility index (Phi) is 5.45. The maximum absolute atomic E-state index is 11.8. The van der Waals surface area contributed by atoms with Crippen LogP contribution in [-0.2, 0) is 17.8 Å². The van der Waals surface area contributed by atoms with Gasteiger partial charge in [-0.1, -0.05) is 53.5 Å². The molecule has 2 aromatic rings. The van der Waals surface area contributed by atoms with Gasteiger partial charge in [0.1, 0.15) is 0 Å². The quantitative estimate of drug-likeness (QED) is 0.879. The van der Waals surface area contributed by atoms with Gasteiger partial charge < -0.3 is 5.32 Å². The minimum Gasteiger partial charge on any atom is -0.352 e. The van der Waals surface area contributed by atoms with Gasteiger partial charge in [0.15, 0.2) is 0 Å². The van der Waals surface area contributed by atoms with Gasteiger partial charge in [0.2, 0.25) is 5.91 Å². The van der Waals surface area contributed by atoms with Crippen molar-refractivity contribution in [2.45, 2.75) is 19.4 Å². The Balaban J connectivity index is 1.80. The summed E-state index contributed by atoms with van der Waals surface area (Å²) in [5.41, 5.74) is 1.98. The summed E-state index contributed by atoms with van der Waals surface area (Å²) in [5.74, 6) is 0.00453. The molecule has 0 aromatic heterocycles. The first kappa shape index (κ1) is 14.9. The van der Waals surface area contributed by atoms with E-state index in [-0.39, 0.29) is 5.91 Å². The highest BCUT2D eigenvalue weighted by atomic mass is 35.5. The summed E-state index contributed by atoms with van der Waals surface area (Å²) in [6, 6.07) is 15.0. The van der Waals surface area contributed by atoms with Crippen molar-refractivity contribution in [2.75, 3.05) is 0 Å². The number of rotatable bonds is 5. The minimum absolute atomic E-state index is 0.00453. The Labute approximate surface area is 128 Å². The molecule has 0 unspecified atom stereocenters. The Hall–Kier alpha value is -1.51. The average Bonchev–Trinajstić information content (AvgIpc) is 2.44. The topological polar surface area (TPSA) is 29.1 Å². The number of benzene rings is 2. The van der Waals surface area contributed by atoms with Crippen LogP contribution in [0, 0.1) is 0 Å². The van der Waals surface area contributed by atoms with Crippen molar-refractivity contribution in [1.82, 2.24) is 5.32 Å². The van der Waals surface area contributed by atoms with E-state index in [0.717, 1.165) is 11.1 Å². The van der Waals surface area contributed by atoms with Gasteiger partial charge in [0.25, 0.3) is 0 Å². The van der Waals surface area contributed by atoms with Crippen molar-refractivity contribution in [2.24, 2.45) is 0 Å². The summed E-state index contributed by atoms with van der Waals surface area (Å²) in [6.07, 6.45) is 1.06. The molecule has 0 saturated carbocycles. The van der Waals surface area contributed by atoms with Crippen molar-refractivity contribution < 1.29 is 4.79 Å². The van der Waals surface area contributed by atoms with E-state index < -0.39 is 0 Å². The number of carbonyl (C=O) groups is 1. The molecule has 0 saturated heterocycles. The van der Waals surface area contributed by atoms with Crippen LogP contribution in [0.25, 0.3) is 0 Å². The Morgan fingerprint density at radius 2 is 1.85 bits per heavy atom. The summed E-state index contributed by atoms with van der Waals surface area (Å²) < 4.78 is 0. The number of amides is 1. The average molecular weight is 308 g/mol. The van der Waals surface area contributed by atoms with Crippen LogP contribution in [0.4, 0.5) is 0 Å². The maximum atomic E-state index is 11.8. The molecule has 0 atom stereocenters. The van der Waals surface area contributed by atoms with Crippen molar-refractivity contribution in [3.63, 3.8) is 0 Å². The minimum atomic E-state index is 0.00453. The van der Waals surface area contributed by atoms with E-state index in [4.69, 9.17) is 23.2 Å². The molecule has 1 N–H and O–H groups in total. The molecule has 4 heteroatoms. The predicted molar refractivity (Wildman–Crippen MR) is 83.1 cm³/mol. The third-order valence-corrected chi connectivity index (χ3v) is 3.56. The van der Waals surface area contributed by atoms with E-state index in [1.165, 1.54) is 0 Å². The molecule has 0 aliphatic heterocycles. The molecule has 2 nitrogen and oxygen atoms in total. The van der Waals surface area contributed by atoms with Gasteiger partial charge >= 0.3 is 0 Å². The molecule has 0 bridgehead atoms. The standard InChI is InChI=1S/C16H15Cl2NO/c17-14-6-3-4-12(10-14)11-19-16(20)9-8-13-5-1-2-7-15(13)18/h1-7,10H,8-9,11H2,(H,19,20). The fraction of sp³-hybridized carbons (Fsp3) is 0.188. The molecular weight excluding hydrogens is 293 g/mol. The number of hydrogen-bond donors (Lipinski definition) is 1. The van der Waals surface area contributed by atoms with E-state index >= 15 is 0 Å². The molecule has 2 aromatic carbocycles. The van der Waals surface area contributed by atoms with Gasteiger partial charge in [0.05, 0.1) is 0 Å². The molecule has 0 fully saturated rings. The van der Waals surface area contributed by atoms with Crippen LogP contribution in [0.15, 0.2) is 48.5 Å². The molecule has 104 valence electrons. The SMILES string of the molecule is O=C(CCc1ccccc1Cl)NCc1cccc(Cl)c1. The van der Waals surface area contributed by atoms with Crippen LogP contribution < -0.4 is 5.32 Å². The molecule has 0 aliphatic carbocycles. The zero-order valence-electron chi connectivity index (χ0n) is 10.9. The van der Waals surface area contributed by atoms with E-state index in [1.807, 2.05) is 48.5 Å². The van der Waals surface area contributed by atoms with Crippen molar-refractivity contribution in [1.29, 1.82) is 0 Å². The second-order valence-corrected chi connectivity index (χ2v) is 5.34. The van der Waals surface area contributed by atoms with Crippen LogP contribution in [0.1, 0.15) is 17.5 Å². The molecule has 20 heavy (non-hydrogen) atoms. The second-order valence-electron chi connectivity index (χ2n) is 4.50. The highest BCUT2D eigenvalue weighted by molar-refractivity contribution is 6.31. The van der Waals surface area contributed by atoms with Crippen LogP contribution in [0.2, 0.25) is 10.0 Å². The highest BCUT2D eigenvalue weighted by Crippen LogP contribution is 2.16. The summed E-state index contributed by atoms with van der Waals surface area (Å²) in [7, 11) is 0. The third kappa shape index (κ3) is 4.55. The van der Waals surface area contributed by atoms with Crippen molar-refractivity contribution >= 4 is 29.1 Å². The molecule has 1 amide bonds. The van der Waals surface area contributed by atoms with Gasteiger partial charge in [0, 0.05) is 23.0 Å². The monoisotopic (exact) mass is 307 g/mol. The van der Waals surface area contributed by atoms with Gasteiger partial charge in [-0.2, -0.15) is 0 Å². The van der Waals surface area contributed by atoms with Crippen molar-refractivity contribution in [3.05, 3.63) is 69.7 Å². The normalized spacial score (nSPS) is 10.3. The first-order valence-corrected chi connectivity index (χ1v) is 7.15. The molecule has 0 aliphatic rings. The van der Waals surface area contributed by atoms with Gasteiger partial charge in [-0.25, -0.2) is 0 Å². The first-order valence-electron chi connectivity index (χ1n) is 6.40. The molecule has 0 radical (unpaired) electrons. The lowest BCUT2D eigenvalue weighted by molar-refractivity contribution is -0.121. The van der Waals surface area contributed by atoms with Gasteiger partial charge in [-0.05, 0) is 35.7 Å². The summed E-state index contributed by atoms with van der Waals surface area (Å²) in [5, 5.41) is 4.25. The maximum Gasteiger partial charge on any atom is 0.220 e.